The number of pyridine rings is 6. The number of nitrogens with one attached hydrogen (secondary N) is 10. The first kappa shape index (κ1) is 99.7. The summed E-state index contributed by atoms with van der Waals surface area (Å²) in [5.74, 6) is -7.20. The fourth-order valence-electron chi connectivity index (χ4n) is 13.3. The lowest BCUT2D eigenvalue weighted by Crippen LogP contribution is -2.51. The molecule has 6 aromatic heterocycles. The minimum atomic E-state index is -1.40. The number of rotatable bonds is 40. The molecule has 16 N–H and O–H groups in total. The minimum absolute atomic E-state index is 0.0493. The van der Waals surface area contributed by atoms with Crippen molar-refractivity contribution in [2.24, 2.45) is 42.3 Å². The highest BCUT2D eigenvalue weighted by atomic mass is 32.2. The molecule has 0 radical (unpaired) electrons. The molecule has 0 saturated carbocycles. The molecule has 38 nitrogen and oxygen atoms in total. The zero-order valence-corrected chi connectivity index (χ0v) is 73.5. The van der Waals surface area contributed by atoms with Crippen molar-refractivity contribution in [1.29, 1.82) is 10.5 Å². The SMILES string of the molecule is Cc1cc(=O)c(O)c(CNC(=O)CCC(CCC(=O)NCc2c(O)c(=O)cc(C)n2C)(CCC(=O)NCc2c(O)c(=O)cc(C)n2C)NC(=O)CCNC(=S)Nc2ccc(SC#N)cc2)n1C.Cc1cc(=O)c(O)c(CNC(=O)CCC(CCC(=O)NCc2c(O)c(=O)cc(C)n2C)(CCC(=O)NCc2c(O)c(=O)cc(C)n2C)NC(=O)CCSC#N)n1C. The van der Waals surface area contributed by atoms with Gasteiger partial charge in [0.2, 0.25) is 79.8 Å². The molecule has 8 amide bonds. The van der Waals surface area contributed by atoms with Crippen LogP contribution in [0.25, 0.3) is 0 Å². The van der Waals surface area contributed by atoms with Crippen LogP contribution >= 0.6 is 35.7 Å². The molecule has 7 rings (SSSR count). The van der Waals surface area contributed by atoms with Gasteiger partial charge in [-0.05, 0) is 140 Å². The van der Waals surface area contributed by atoms with Crippen LogP contribution in [0.4, 0.5) is 5.69 Å². The molecule has 0 aliphatic rings. The lowest BCUT2D eigenvalue weighted by Gasteiger charge is -2.35. The van der Waals surface area contributed by atoms with Gasteiger partial charge in [-0.2, -0.15) is 10.5 Å². The van der Waals surface area contributed by atoms with Crippen molar-refractivity contribution < 1.29 is 69.0 Å². The number of aryl methyl sites for hydroxylation is 6. The maximum Gasteiger partial charge on any atom is 0.223 e. The van der Waals surface area contributed by atoms with Crippen molar-refractivity contribution in [3.63, 3.8) is 0 Å². The van der Waals surface area contributed by atoms with Crippen LogP contribution in [0, 0.1) is 62.9 Å². The summed E-state index contributed by atoms with van der Waals surface area (Å²) in [7, 11) is 9.74. The summed E-state index contributed by atoms with van der Waals surface area (Å²) in [6.07, 6.45) is -2.18. The Morgan fingerprint density at radius 1 is 0.355 bits per heavy atom. The van der Waals surface area contributed by atoms with E-state index in [0.29, 0.717) is 39.9 Å². The minimum Gasteiger partial charge on any atom is -0.503 e. The predicted octanol–water partition coefficient (Wildman–Crippen LogP) is 3.09. The number of nitrogens with zero attached hydrogens (tertiary/aromatic N) is 8. The number of nitriles is 2. The van der Waals surface area contributed by atoms with Gasteiger partial charge in [0.1, 0.15) is 10.8 Å². The average molecular weight is 1770 g/mol. The highest BCUT2D eigenvalue weighted by molar-refractivity contribution is 8.04. The van der Waals surface area contributed by atoms with Gasteiger partial charge in [0.25, 0.3) is 0 Å². The molecule has 1 aromatic carbocycles. The maximum absolute atomic E-state index is 13.9. The predicted molar refractivity (Wildman–Crippen MR) is 466 cm³/mol. The van der Waals surface area contributed by atoms with Crippen molar-refractivity contribution in [2.75, 3.05) is 17.6 Å². The van der Waals surface area contributed by atoms with Crippen LogP contribution in [-0.2, 0) is 120 Å². The second-order valence-corrected chi connectivity index (χ2v) is 32.0. The van der Waals surface area contributed by atoms with Crippen LogP contribution < -0.4 is 85.7 Å². The van der Waals surface area contributed by atoms with Gasteiger partial charge >= 0.3 is 0 Å². The molecule has 0 atom stereocenters. The Hall–Kier alpha value is -13.2. The molecule has 0 aliphatic heterocycles. The number of hydrogen-bond acceptors (Lipinski definition) is 25. The summed E-state index contributed by atoms with van der Waals surface area (Å²) in [5, 5.41) is 113. The fourth-order valence-corrected chi connectivity index (χ4v) is 14.3. The van der Waals surface area contributed by atoms with E-state index in [1.807, 2.05) is 10.8 Å². The fraction of sp³-hybridized carbons (Fsp3) is 0.434. The third kappa shape index (κ3) is 28.5. The van der Waals surface area contributed by atoms with Gasteiger partial charge in [0, 0.05) is 198 Å². The Morgan fingerprint density at radius 3 is 0.815 bits per heavy atom. The van der Waals surface area contributed by atoms with Crippen LogP contribution in [0.3, 0.4) is 0 Å². The van der Waals surface area contributed by atoms with E-state index in [9.17, 15) is 97.8 Å². The number of aromatic nitrogens is 6. The molecule has 41 heteroatoms. The molecule has 124 heavy (non-hydrogen) atoms. The molecule has 0 unspecified atom stereocenters. The maximum atomic E-state index is 13.9. The summed E-state index contributed by atoms with van der Waals surface area (Å²) in [6.45, 7) is 8.81. The van der Waals surface area contributed by atoms with E-state index in [1.54, 1.807) is 135 Å². The molecule has 6 heterocycles. The summed E-state index contributed by atoms with van der Waals surface area (Å²) in [5.41, 5.74) is -1.51. The Balaban J connectivity index is 0.000000389. The Bertz CT molecular complexity index is 5220. The van der Waals surface area contributed by atoms with Gasteiger partial charge in [-0.25, -0.2) is 0 Å². The van der Waals surface area contributed by atoms with E-state index in [2.05, 4.69) is 53.2 Å². The van der Waals surface area contributed by atoms with Gasteiger partial charge < -0.3 is 111 Å². The first-order chi connectivity index (χ1) is 58.4. The van der Waals surface area contributed by atoms with Crippen molar-refractivity contribution in [3.05, 3.63) is 190 Å². The molecule has 0 saturated heterocycles. The topological polar surface area (TPSA) is 558 Å². The third-order valence-corrected chi connectivity index (χ3v) is 23.0. The summed E-state index contributed by atoms with van der Waals surface area (Å²) >= 11 is 7.28. The Kier molecular flexibility index (Phi) is 37.1. The quantitative estimate of drug-likeness (QED) is 0.0114. The van der Waals surface area contributed by atoms with Gasteiger partial charge in [-0.15, -0.1) is 0 Å². The van der Waals surface area contributed by atoms with Gasteiger partial charge in [-0.3, -0.25) is 67.1 Å². The standard InChI is InChI=1S/C45H56N10O10S2.C38H50N8O10S/c1-26-19-34(56)41(63)31(53(26)4)22-48-37(59)11-15-45(16-12-38(60)49-23-32-42(64)35(57)20-27(2)54(32)5,17-13-39(61)50-24-33-43(65)36(58)21-28(3)55(33)6)52-40(62)14-18-47-44(66)51-29-7-9-30(10-8-29)67-25-46;1-22-15-28(47)35(54)25(44(22)4)18-40-31(50)7-11-38(43-34(53)10-14-57-21-39,12-8-32(51)41-19-26-36(55)29(48)16-23(2)45(26)5)13-9-33(52)42-20-27-37(56)30(49)17-24(3)46(27)6/h7-10,19-21,63-65H,11-18,22-24H2,1-6H3,(H,48,59)(H,49,60)(H,50,61)(H,52,62)(H2,47,51,66);15-17,54-56H,7-14,18-20H2,1-6H3,(H,40,50)(H,41,51)(H,42,52)(H,43,53). The molecule has 0 aliphatic carbocycles. The van der Waals surface area contributed by atoms with Crippen molar-refractivity contribution in [3.8, 4) is 45.3 Å². The number of aromatic hydroxyl groups is 6. The van der Waals surface area contributed by atoms with Crippen LogP contribution in [0.15, 0.2) is 94.3 Å². The number of hydrogen-bond donors (Lipinski definition) is 16. The normalized spacial score (nSPS) is 11.0. The van der Waals surface area contributed by atoms with Crippen molar-refractivity contribution in [2.45, 2.75) is 187 Å². The van der Waals surface area contributed by atoms with E-state index in [0.717, 1.165) is 28.4 Å². The van der Waals surface area contributed by atoms with E-state index in [4.69, 9.17) is 22.7 Å². The number of thioether (sulfide) groups is 2. The lowest BCUT2D eigenvalue weighted by atomic mass is 9.83. The third-order valence-electron chi connectivity index (χ3n) is 21.6. The highest BCUT2D eigenvalue weighted by Gasteiger charge is 2.36. The van der Waals surface area contributed by atoms with Gasteiger partial charge in [-0.1, -0.05) is 0 Å². The molecular weight excluding hydrogens is 1670 g/mol. The first-order valence-electron chi connectivity index (χ1n) is 39.2. The monoisotopic (exact) mass is 1770 g/mol. The number of benzene rings is 1. The second kappa shape index (κ2) is 46.2. The number of thiocyanates is 2. The largest absolute Gasteiger partial charge is 0.503 e. The zero-order valence-electron chi connectivity index (χ0n) is 71.0. The number of carbonyl (C=O) groups excluding carboxylic acids is 8. The van der Waals surface area contributed by atoms with Gasteiger partial charge in [0.05, 0.1) is 73.4 Å². The van der Waals surface area contributed by atoms with Gasteiger partial charge in [0.15, 0.2) is 39.6 Å². The number of carbonyl (C=O) groups is 8. The second-order valence-electron chi connectivity index (χ2n) is 29.9. The number of amides is 8. The van der Waals surface area contributed by atoms with E-state index >= 15 is 0 Å². The molecule has 0 fully saturated rings. The zero-order chi connectivity index (χ0) is 92.2. The van der Waals surface area contributed by atoms with Crippen LogP contribution in [0.2, 0.25) is 0 Å². The van der Waals surface area contributed by atoms with Crippen molar-refractivity contribution >= 4 is 93.8 Å². The Morgan fingerprint density at radius 2 is 0.589 bits per heavy atom. The van der Waals surface area contributed by atoms with E-state index < -0.39 is 125 Å². The van der Waals surface area contributed by atoms with Crippen molar-refractivity contribution in [1.82, 2.24) is 75.3 Å². The number of thiocarbonyl (C=S) groups is 1. The van der Waals surface area contributed by atoms with Crippen LogP contribution in [0.5, 0.6) is 34.5 Å². The average Bonchev–Trinajstić information content (AvgIpc) is 0.824. The molecule has 666 valence electrons. The molecule has 0 bridgehead atoms. The van der Waals surface area contributed by atoms with Crippen LogP contribution in [0.1, 0.15) is 158 Å². The number of anilines is 1. The smallest absolute Gasteiger partial charge is 0.223 e. The molecular formula is C83H106N18O20S3. The van der Waals surface area contributed by atoms with E-state index in [-0.39, 0.29) is 181 Å². The molecule has 7 aromatic rings. The van der Waals surface area contributed by atoms with Crippen LogP contribution in [-0.4, -0.2) is 134 Å². The first-order valence-corrected chi connectivity index (χ1v) is 41.4. The summed E-state index contributed by atoms with van der Waals surface area (Å²) in [4.78, 5) is 182. The van der Waals surface area contributed by atoms with E-state index in [1.165, 1.54) is 36.4 Å². The summed E-state index contributed by atoms with van der Waals surface area (Å²) < 4.78 is 9.34. The molecule has 0 spiro atoms. The highest BCUT2D eigenvalue weighted by Crippen LogP contribution is 2.30. The Labute approximate surface area is 726 Å². The lowest BCUT2D eigenvalue weighted by molar-refractivity contribution is -0.127. The summed E-state index contributed by atoms with van der Waals surface area (Å²) in [6, 6.07) is 14.5.